The highest BCUT2D eigenvalue weighted by Crippen LogP contribution is 2.45. The smallest absolute Gasteiger partial charge is 0.213 e. The third kappa shape index (κ3) is 5.88. The van der Waals surface area contributed by atoms with Crippen LogP contribution in [0.4, 0.5) is 0 Å². The largest absolute Gasteiger partial charge is 0.316 e. The molecule has 0 spiro atoms. The van der Waals surface area contributed by atoms with E-state index in [2.05, 4.69) is 243 Å². The van der Waals surface area contributed by atoms with Gasteiger partial charge in [0.1, 0.15) is 5.82 Å². The van der Waals surface area contributed by atoms with Crippen LogP contribution >= 0.6 is 0 Å². The minimum Gasteiger partial charge on any atom is -0.316 e. The van der Waals surface area contributed by atoms with E-state index < -0.39 is 6.29 Å². The summed E-state index contributed by atoms with van der Waals surface area (Å²) in [7, 11) is 0. The summed E-state index contributed by atoms with van der Waals surface area (Å²) in [6, 6.07) is 73.4. The van der Waals surface area contributed by atoms with Gasteiger partial charge in [0.05, 0.1) is 44.3 Å². The predicted octanol–water partition coefficient (Wildman–Crippen LogP) is 14.6. The van der Waals surface area contributed by atoms with Crippen molar-refractivity contribution in [2.45, 2.75) is 19.6 Å². The topological polar surface area (TPSA) is 69.4 Å². The van der Waals surface area contributed by atoms with Crippen LogP contribution in [0.1, 0.15) is 30.0 Å². The molecule has 15 rings (SSSR count). The van der Waals surface area contributed by atoms with E-state index in [1.54, 1.807) is 0 Å². The molecule has 2 unspecified atom stereocenters. The fourth-order valence-electron chi connectivity index (χ4n) is 11.8. The molecule has 2 aliphatic rings. The molecular formula is C63H44N8. The third-order valence-electron chi connectivity index (χ3n) is 14.8. The van der Waals surface area contributed by atoms with E-state index in [9.17, 15) is 0 Å². The zero-order chi connectivity index (χ0) is 46.7. The number of hydrogen-bond acceptors (Lipinski definition) is 4. The van der Waals surface area contributed by atoms with Gasteiger partial charge < -0.3 is 14.5 Å². The summed E-state index contributed by atoms with van der Waals surface area (Å²) in [6.45, 7) is 2.32. The molecule has 1 N–H and O–H groups in total. The second kappa shape index (κ2) is 15.4. The lowest BCUT2D eigenvalue weighted by molar-refractivity contribution is 0.491. The van der Waals surface area contributed by atoms with E-state index in [1.165, 1.54) is 32.8 Å². The van der Waals surface area contributed by atoms with Gasteiger partial charge in [-0.3, -0.25) is 9.13 Å². The van der Waals surface area contributed by atoms with Crippen molar-refractivity contribution in [2.24, 2.45) is 15.9 Å². The molecule has 13 aromatic rings. The number of pyridine rings is 1. The van der Waals surface area contributed by atoms with Crippen LogP contribution in [0.3, 0.4) is 0 Å². The number of benzene rings is 8. The van der Waals surface area contributed by atoms with Gasteiger partial charge in [-0.25, -0.2) is 9.98 Å². The second-order valence-electron chi connectivity index (χ2n) is 18.9. The van der Waals surface area contributed by atoms with Crippen molar-refractivity contribution in [1.82, 2.24) is 28.6 Å². The van der Waals surface area contributed by atoms with Gasteiger partial charge in [-0.2, -0.15) is 4.99 Å². The number of aromatic nitrogens is 5. The molecule has 0 saturated carbocycles. The highest BCUT2D eigenvalue weighted by molar-refractivity contribution is 6.27. The average Bonchev–Trinajstić information content (AvgIpc) is 4.16. The van der Waals surface area contributed by atoms with Crippen LogP contribution in [-0.2, 0) is 6.42 Å². The minimum atomic E-state index is -0.570. The third-order valence-corrected chi connectivity index (χ3v) is 14.8. The second-order valence-corrected chi connectivity index (χ2v) is 18.9. The first-order valence-electron chi connectivity index (χ1n) is 24.5. The van der Waals surface area contributed by atoms with E-state index in [-0.39, 0.29) is 0 Å². The molecule has 0 saturated heterocycles. The Morgan fingerprint density at radius 1 is 0.479 bits per heavy atom. The quantitative estimate of drug-likeness (QED) is 0.187. The number of para-hydroxylation sites is 4. The molecule has 0 radical (unpaired) electrons. The van der Waals surface area contributed by atoms with Crippen LogP contribution in [0.5, 0.6) is 0 Å². The van der Waals surface area contributed by atoms with Crippen molar-refractivity contribution in [3.05, 3.63) is 229 Å². The number of amidine groups is 1. The van der Waals surface area contributed by atoms with Gasteiger partial charge in [0.25, 0.3) is 0 Å². The van der Waals surface area contributed by atoms with Gasteiger partial charge in [-0.05, 0) is 72.5 Å². The summed E-state index contributed by atoms with van der Waals surface area (Å²) in [5.74, 6) is 2.55. The highest BCUT2D eigenvalue weighted by Gasteiger charge is 2.32. The van der Waals surface area contributed by atoms with E-state index in [0.29, 0.717) is 17.7 Å². The summed E-state index contributed by atoms with van der Waals surface area (Å²) < 4.78 is 9.58. The number of allylic oxidation sites excluding steroid dienone is 1. The van der Waals surface area contributed by atoms with E-state index in [4.69, 9.17) is 15.0 Å². The standard InChI is InChI=1S/C63H44N8/c1-39-32-36-54-49(38-39)57-55(37-35-46-43-24-11-14-28-51(43)68(58(46)57)42-22-9-4-10-23-42)69(54)62-65-61(41-20-7-3-8-21-41)66-63(67-62)71-53-30-16-13-26-45(53)48-34-33-47-44-25-12-15-29-52(44)70(59(47)60(48)71)56-31-17-27-50(64-56)40-18-5-2-6-19-40/h2-37,39,62H,38H2,1H3,(H,65,66,67). The number of hydrogen-bond donors (Lipinski definition) is 1. The Balaban J connectivity index is 1.02. The molecule has 5 aromatic heterocycles. The molecule has 1 aliphatic carbocycles. The van der Waals surface area contributed by atoms with Crippen molar-refractivity contribution in [3.63, 3.8) is 0 Å². The summed E-state index contributed by atoms with van der Waals surface area (Å²) in [6.07, 6.45) is 5.02. The molecule has 0 amide bonds. The molecule has 1 aliphatic heterocycles. The molecule has 0 bridgehead atoms. The van der Waals surface area contributed by atoms with Crippen LogP contribution < -0.4 is 5.32 Å². The predicted molar refractivity (Wildman–Crippen MR) is 293 cm³/mol. The molecule has 8 aromatic carbocycles. The van der Waals surface area contributed by atoms with Crippen LogP contribution in [0.2, 0.25) is 0 Å². The SMILES string of the molecule is CC1C=Cc2c(c3c(ccc4c5ccccc5n(-c5ccccc5)c43)n2C2N=C(c3ccccc3)N=C(n3c4ccccc4c4ccc5c6ccccc6n(-c6cccc(-c7ccccc7)n6)c5c43)N2)C1. The number of fused-ring (bicyclic) bond motifs is 14. The first-order chi connectivity index (χ1) is 35.2. The van der Waals surface area contributed by atoms with Crippen LogP contribution in [0, 0.1) is 5.92 Å². The fourth-order valence-corrected chi connectivity index (χ4v) is 11.8. The van der Waals surface area contributed by atoms with Gasteiger partial charge in [0.15, 0.2) is 5.84 Å². The Bertz CT molecular complexity index is 4410. The monoisotopic (exact) mass is 912 g/mol. The van der Waals surface area contributed by atoms with Crippen molar-refractivity contribution >= 4 is 94.2 Å². The lowest BCUT2D eigenvalue weighted by Crippen LogP contribution is -2.40. The summed E-state index contributed by atoms with van der Waals surface area (Å²) in [5.41, 5.74) is 14.3. The van der Waals surface area contributed by atoms with Crippen LogP contribution in [-0.4, -0.2) is 35.0 Å². The molecule has 8 nitrogen and oxygen atoms in total. The maximum atomic E-state index is 5.61. The molecule has 0 fully saturated rings. The molecule has 336 valence electrons. The van der Waals surface area contributed by atoms with Gasteiger partial charge in [-0.15, -0.1) is 0 Å². The van der Waals surface area contributed by atoms with E-state index in [0.717, 1.165) is 89.6 Å². The van der Waals surface area contributed by atoms with Gasteiger partial charge in [-0.1, -0.05) is 171 Å². The summed E-state index contributed by atoms with van der Waals surface area (Å²) in [5, 5.41) is 12.3. The van der Waals surface area contributed by atoms with Crippen molar-refractivity contribution < 1.29 is 0 Å². The highest BCUT2D eigenvalue weighted by atomic mass is 15.4. The molecule has 2 atom stereocenters. The number of nitrogens with zero attached hydrogens (tertiary/aromatic N) is 7. The maximum Gasteiger partial charge on any atom is 0.213 e. The van der Waals surface area contributed by atoms with Crippen LogP contribution in [0.25, 0.3) is 105 Å². The number of nitrogens with one attached hydrogen (secondary N) is 1. The summed E-state index contributed by atoms with van der Waals surface area (Å²) in [4.78, 5) is 16.6. The zero-order valence-electron chi connectivity index (χ0n) is 38.8. The zero-order valence-corrected chi connectivity index (χ0v) is 38.8. The molecule has 71 heavy (non-hydrogen) atoms. The summed E-state index contributed by atoms with van der Waals surface area (Å²) >= 11 is 0. The molecule has 8 heteroatoms. The Morgan fingerprint density at radius 3 is 1.73 bits per heavy atom. The van der Waals surface area contributed by atoms with Crippen LogP contribution in [0.15, 0.2) is 222 Å². The minimum absolute atomic E-state index is 0.362. The maximum absolute atomic E-state index is 5.61. The van der Waals surface area contributed by atoms with Crippen molar-refractivity contribution in [1.29, 1.82) is 0 Å². The number of rotatable bonds is 5. The van der Waals surface area contributed by atoms with Crippen molar-refractivity contribution in [3.8, 4) is 22.8 Å². The normalized spacial score (nSPS) is 15.8. The van der Waals surface area contributed by atoms with Gasteiger partial charge >= 0.3 is 0 Å². The molecular weight excluding hydrogens is 869 g/mol. The first kappa shape index (κ1) is 39.7. The number of aliphatic imine (C=N–C) groups is 2. The van der Waals surface area contributed by atoms with E-state index >= 15 is 0 Å². The van der Waals surface area contributed by atoms with E-state index in [1.807, 2.05) is 6.07 Å². The Labute approximate surface area is 408 Å². The first-order valence-corrected chi connectivity index (χ1v) is 24.5. The Morgan fingerprint density at radius 2 is 1.04 bits per heavy atom. The lowest BCUT2D eigenvalue weighted by Gasteiger charge is -2.28. The van der Waals surface area contributed by atoms with Crippen molar-refractivity contribution in [2.75, 3.05) is 0 Å². The Hall–Kier alpha value is -9.27. The van der Waals surface area contributed by atoms with Gasteiger partial charge in [0, 0.05) is 60.2 Å². The van der Waals surface area contributed by atoms with Gasteiger partial charge in [0.2, 0.25) is 12.2 Å². The average molecular weight is 913 g/mol. The lowest BCUT2D eigenvalue weighted by atomic mass is 9.92. The fraction of sp³-hybridized carbons (Fsp3) is 0.0635. The molecule has 6 heterocycles. The Kier molecular flexibility index (Phi) is 8.59.